The van der Waals surface area contributed by atoms with Crippen LogP contribution in [-0.2, 0) is 14.8 Å². The highest BCUT2D eigenvalue weighted by atomic mass is 35.5. The molecule has 0 unspecified atom stereocenters. The zero-order valence-corrected chi connectivity index (χ0v) is 17.0. The molecule has 1 saturated carbocycles. The van der Waals surface area contributed by atoms with Crippen molar-refractivity contribution >= 4 is 28.3 Å². The number of hydrogen-bond acceptors (Lipinski definition) is 4. The van der Waals surface area contributed by atoms with Gasteiger partial charge in [-0.1, -0.05) is 12.8 Å². The van der Waals surface area contributed by atoms with Crippen LogP contribution in [0.5, 0.6) is 0 Å². The van der Waals surface area contributed by atoms with E-state index < -0.39 is 10.0 Å². The van der Waals surface area contributed by atoms with E-state index in [0.29, 0.717) is 24.9 Å². The quantitative estimate of drug-likeness (QED) is 0.785. The van der Waals surface area contributed by atoms with E-state index in [-0.39, 0.29) is 29.6 Å². The minimum absolute atomic E-state index is 0. The third-order valence-electron chi connectivity index (χ3n) is 6.53. The summed E-state index contributed by atoms with van der Waals surface area (Å²) in [5, 5.41) is 3.44. The lowest BCUT2D eigenvalue weighted by Crippen LogP contribution is -2.54. The van der Waals surface area contributed by atoms with Gasteiger partial charge in [0, 0.05) is 32.7 Å². The summed E-state index contributed by atoms with van der Waals surface area (Å²) in [4.78, 5) is 15.2. The molecule has 1 aliphatic carbocycles. The fraction of sp³-hybridized carbons (Fsp3) is 0.941. The Morgan fingerprint density at radius 2 is 1.92 bits per heavy atom. The highest BCUT2D eigenvalue weighted by Crippen LogP contribution is 2.45. The second kappa shape index (κ2) is 8.11. The van der Waals surface area contributed by atoms with Gasteiger partial charge in [-0.3, -0.25) is 4.79 Å². The van der Waals surface area contributed by atoms with Crippen LogP contribution in [0.2, 0.25) is 0 Å². The molecule has 1 N–H and O–H groups in total. The average molecular weight is 394 g/mol. The summed E-state index contributed by atoms with van der Waals surface area (Å²) in [6, 6.07) is 0.0281. The Morgan fingerprint density at radius 3 is 2.56 bits per heavy atom. The Balaban J connectivity index is 0.00000225. The number of amides is 1. The highest BCUT2D eigenvalue weighted by molar-refractivity contribution is 7.89. The first-order chi connectivity index (χ1) is 11.4. The lowest BCUT2D eigenvalue weighted by molar-refractivity contribution is -0.146. The Morgan fingerprint density at radius 1 is 1.24 bits per heavy atom. The Labute approximate surface area is 158 Å². The van der Waals surface area contributed by atoms with Gasteiger partial charge in [-0.15, -0.1) is 12.4 Å². The maximum atomic E-state index is 13.2. The van der Waals surface area contributed by atoms with Gasteiger partial charge in [0.1, 0.15) is 0 Å². The van der Waals surface area contributed by atoms with Gasteiger partial charge in [-0.05, 0) is 45.1 Å². The van der Waals surface area contributed by atoms with Gasteiger partial charge >= 0.3 is 0 Å². The minimum Gasteiger partial charge on any atom is -0.342 e. The van der Waals surface area contributed by atoms with Crippen LogP contribution in [-0.4, -0.2) is 68.6 Å². The van der Waals surface area contributed by atoms with Crippen molar-refractivity contribution in [2.45, 2.75) is 51.5 Å². The highest BCUT2D eigenvalue weighted by Gasteiger charge is 2.51. The van der Waals surface area contributed by atoms with E-state index in [0.717, 1.165) is 45.2 Å². The number of nitrogens with one attached hydrogen (secondary N) is 1. The van der Waals surface area contributed by atoms with Crippen molar-refractivity contribution in [3.8, 4) is 0 Å². The van der Waals surface area contributed by atoms with Crippen LogP contribution in [0.1, 0.15) is 45.4 Å². The second-order valence-electron chi connectivity index (χ2n) is 7.67. The molecule has 0 radical (unpaired) electrons. The zero-order chi connectivity index (χ0) is 17.4. The third-order valence-corrected chi connectivity index (χ3v) is 8.44. The fourth-order valence-corrected chi connectivity index (χ4v) is 5.92. The SMILES string of the molecule is CCS(=O)(=O)N(C)C1CCN(C(=O)[C@@]23CCCC[C@H]2CNC3)CC1.Cl. The number of carbonyl (C=O) groups is 1. The average Bonchev–Trinajstić information content (AvgIpc) is 3.05. The first kappa shape index (κ1) is 20.9. The number of nitrogens with zero attached hydrogens (tertiary/aromatic N) is 2. The lowest BCUT2D eigenvalue weighted by Gasteiger charge is -2.43. The summed E-state index contributed by atoms with van der Waals surface area (Å²) in [6.07, 6.45) is 6.05. The van der Waals surface area contributed by atoms with Gasteiger partial charge in [0.2, 0.25) is 15.9 Å². The minimum atomic E-state index is -3.15. The molecule has 2 saturated heterocycles. The van der Waals surface area contributed by atoms with Crippen molar-refractivity contribution in [2.24, 2.45) is 11.3 Å². The van der Waals surface area contributed by atoms with E-state index >= 15 is 0 Å². The molecule has 3 rings (SSSR count). The molecule has 0 bridgehead atoms. The number of fused-ring (bicyclic) bond motifs is 1. The van der Waals surface area contributed by atoms with Gasteiger partial charge < -0.3 is 10.2 Å². The maximum absolute atomic E-state index is 13.2. The van der Waals surface area contributed by atoms with Crippen LogP contribution in [0.15, 0.2) is 0 Å². The van der Waals surface area contributed by atoms with Crippen molar-refractivity contribution in [2.75, 3.05) is 39.0 Å². The van der Waals surface area contributed by atoms with Crippen LogP contribution < -0.4 is 5.32 Å². The van der Waals surface area contributed by atoms with Crippen LogP contribution in [0.4, 0.5) is 0 Å². The monoisotopic (exact) mass is 393 g/mol. The molecule has 8 heteroatoms. The second-order valence-corrected chi connectivity index (χ2v) is 9.99. The first-order valence-electron chi connectivity index (χ1n) is 9.36. The number of carbonyl (C=O) groups excluding carboxylic acids is 1. The number of hydrogen-bond donors (Lipinski definition) is 1. The third kappa shape index (κ3) is 3.84. The topological polar surface area (TPSA) is 69.7 Å². The standard InChI is InChI=1S/C17H31N3O3S.ClH/c1-3-24(22,23)19(2)15-7-10-20(11-8-15)16(21)17-9-5-4-6-14(17)12-18-13-17;/h14-15,18H,3-13H2,1-2H3;1H/t14-,17+;/m0./s1. The molecule has 25 heavy (non-hydrogen) atoms. The summed E-state index contributed by atoms with van der Waals surface area (Å²) < 4.78 is 25.6. The van der Waals surface area contributed by atoms with Crippen LogP contribution >= 0.6 is 12.4 Å². The normalized spacial score (nSPS) is 30.8. The van der Waals surface area contributed by atoms with Gasteiger partial charge in [-0.2, -0.15) is 0 Å². The number of rotatable bonds is 4. The molecule has 0 aromatic carbocycles. The Bertz CT molecular complexity index is 578. The molecular weight excluding hydrogens is 362 g/mol. The first-order valence-corrected chi connectivity index (χ1v) is 11.0. The van der Waals surface area contributed by atoms with E-state index in [1.807, 2.05) is 4.90 Å². The van der Waals surface area contributed by atoms with Crippen molar-refractivity contribution < 1.29 is 13.2 Å². The summed E-state index contributed by atoms with van der Waals surface area (Å²) in [6.45, 7) is 4.84. The van der Waals surface area contributed by atoms with E-state index in [2.05, 4.69) is 5.32 Å². The van der Waals surface area contributed by atoms with Crippen LogP contribution in [0.3, 0.4) is 0 Å². The molecule has 3 aliphatic rings. The van der Waals surface area contributed by atoms with E-state index in [1.54, 1.807) is 14.0 Å². The molecule has 3 fully saturated rings. The Hall–Kier alpha value is -0.370. The lowest BCUT2D eigenvalue weighted by atomic mass is 9.67. The fourth-order valence-electron chi connectivity index (χ4n) is 4.85. The number of sulfonamides is 1. The molecule has 2 heterocycles. The molecule has 6 nitrogen and oxygen atoms in total. The summed E-state index contributed by atoms with van der Waals surface area (Å²) >= 11 is 0. The molecule has 2 atom stereocenters. The van der Waals surface area contributed by atoms with E-state index in [9.17, 15) is 13.2 Å². The van der Waals surface area contributed by atoms with Gasteiger partial charge in [0.25, 0.3) is 0 Å². The largest absolute Gasteiger partial charge is 0.342 e. The summed E-state index contributed by atoms with van der Waals surface area (Å²) in [7, 11) is -1.47. The zero-order valence-electron chi connectivity index (χ0n) is 15.4. The number of halogens is 1. The molecule has 0 aromatic rings. The molecule has 146 valence electrons. The molecule has 1 amide bonds. The van der Waals surface area contributed by atoms with Gasteiger partial charge in [-0.25, -0.2) is 12.7 Å². The van der Waals surface area contributed by atoms with E-state index in [1.165, 1.54) is 10.7 Å². The molecule has 0 aromatic heterocycles. The predicted octanol–water partition coefficient (Wildman–Crippen LogP) is 1.46. The summed E-state index contributed by atoms with van der Waals surface area (Å²) in [5.74, 6) is 0.940. The predicted molar refractivity (Wildman–Crippen MR) is 101 cm³/mol. The molecule has 0 spiro atoms. The van der Waals surface area contributed by atoms with Gasteiger partial charge in [0.15, 0.2) is 0 Å². The van der Waals surface area contributed by atoms with Crippen molar-refractivity contribution in [1.82, 2.24) is 14.5 Å². The smallest absolute Gasteiger partial charge is 0.230 e. The number of piperidine rings is 1. The summed E-state index contributed by atoms with van der Waals surface area (Å²) in [5.41, 5.74) is -0.188. The van der Waals surface area contributed by atoms with Crippen molar-refractivity contribution in [3.63, 3.8) is 0 Å². The molecular formula is C17H32ClN3O3S. The van der Waals surface area contributed by atoms with Crippen LogP contribution in [0, 0.1) is 11.3 Å². The van der Waals surface area contributed by atoms with E-state index in [4.69, 9.17) is 0 Å². The molecule has 2 aliphatic heterocycles. The van der Waals surface area contributed by atoms with Crippen molar-refractivity contribution in [3.05, 3.63) is 0 Å². The Kier molecular flexibility index (Phi) is 6.79. The van der Waals surface area contributed by atoms with Crippen LogP contribution in [0.25, 0.3) is 0 Å². The number of likely N-dealkylation sites (tertiary alicyclic amines) is 1. The maximum Gasteiger partial charge on any atom is 0.230 e. The van der Waals surface area contributed by atoms with Crippen molar-refractivity contribution in [1.29, 1.82) is 0 Å². The van der Waals surface area contributed by atoms with Gasteiger partial charge in [0.05, 0.1) is 11.2 Å².